The second-order valence-corrected chi connectivity index (χ2v) is 9.93. The number of carbonyl (C=O) groups is 1. The zero-order valence-corrected chi connectivity index (χ0v) is 21.1. The molecule has 10 heteroatoms. The molecule has 9 nitrogen and oxygen atoms in total. The van der Waals surface area contributed by atoms with E-state index in [0.717, 1.165) is 5.56 Å². The number of hydrogen-bond acceptors (Lipinski definition) is 7. The van der Waals surface area contributed by atoms with Crippen LogP contribution in [-0.4, -0.2) is 49.0 Å². The van der Waals surface area contributed by atoms with Gasteiger partial charge in [-0.15, -0.1) is 0 Å². The molecule has 2 aromatic carbocycles. The van der Waals surface area contributed by atoms with E-state index in [1.807, 2.05) is 32.9 Å². The molecular formula is C24H30N4O5S. The first kappa shape index (κ1) is 25.4. The van der Waals surface area contributed by atoms with Crippen LogP contribution in [0.3, 0.4) is 0 Å². The van der Waals surface area contributed by atoms with Crippen molar-refractivity contribution in [2.45, 2.75) is 45.4 Å². The molecule has 0 fully saturated rings. The van der Waals surface area contributed by atoms with Gasteiger partial charge in [-0.2, -0.15) is 9.29 Å². The fourth-order valence-electron chi connectivity index (χ4n) is 3.50. The van der Waals surface area contributed by atoms with E-state index in [2.05, 4.69) is 15.5 Å². The molecule has 182 valence electrons. The lowest BCUT2D eigenvalue weighted by atomic mass is 10.1. The van der Waals surface area contributed by atoms with Gasteiger partial charge in [-0.3, -0.25) is 4.79 Å². The van der Waals surface area contributed by atoms with Gasteiger partial charge in [0.05, 0.1) is 18.4 Å². The van der Waals surface area contributed by atoms with Crippen molar-refractivity contribution < 1.29 is 22.5 Å². The van der Waals surface area contributed by atoms with Crippen LogP contribution in [0.4, 0.5) is 5.69 Å². The number of rotatable bonds is 9. The number of carbonyl (C=O) groups excluding carboxylic acids is 1. The van der Waals surface area contributed by atoms with Crippen LogP contribution in [0.5, 0.6) is 5.75 Å². The zero-order valence-electron chi connectivity index (χ0n) is 20.2. The Morgan fingerprint density at radius 2 is 1.88 bits per heavy atom. The van der Waals surface area contributed by atoms with Crippen molar-refractivity contribution in [2.24, 2.45) is 0 Å². The number of hydrogen-bond donors (Lipinski definition) is 1. The highest BCUT2D eigenvalue weighted by atomic mass is 32.2. The van der Waals surface area contributed by atoms with E-state index in [-0.39, 0.29) is 22.1 Å². The van der Waals surface area contributed by atoms with Gasteiger partial charge in [0, 0.05) is 24.6 Å². The number of nitrogens with one attached hydrogen (secondary N) is 1. The van der Waals surface area contributed by atoms with Crippen LogP contribution in [0.1, 0.15) is 55.4 Å². The fraction of sp³-hybridized carbons (Fsp3) is 0.375. The normalized spacial score (nSPS) is 11.8. The maximum atomic E-state index is 13.2. The molecule has 0 spiro atoms. The van der Waals surface area contributed by atoms with Gasteiger partial charge < -0.3 is 14.6 Å². The second kappa shape index (κ2) is 10.4. The summed E-state index contributed by atoms with van der Waals surface area (Å²) in [6, 6.07) is 9.81. The first-order valence-electron chi connectivity index (χ1n) is 11.1. The molecule has 1 N–H and O–H groups in total. The van der Waals surface area contributed by atoms with Crippen LogP contribution < -0.4 is 10.1 Å². The lowest BCUT2D eigenvalue weighted by Crippen LogP contribution is -2.31. The Kier molecular flexibility index (Phi) is 7.73. The zero-order chi connectivity index (χ0) is 25.0. The summed E-state index contributed by atoms with van der Waals surface area (Å²) in [4.78, 5) is 17.6. The van der Waals surface area contributed by atoms with Crippen LogP contribution in [-0.2, 0) is 10.0 Å². The summed E-state index contributed by atoms with van der Waals surface area (Å²) >= 11 is 0. The smallest absolute Gasteiger partial charge is 0.260 e. The minimum atomic E-state index is -3.84. The molecule has 0 aliphatic heterocycles. The fourth-order valence-corrected chi connectivity index (χ4v) is 5.14. The third-order valence-corrected chi connectivity index (χ3v) is 7.52. The number of aromatic nitrogens is 2. The Bertz CT molecular complexity index is 1280. The molecule has 3 rings (SSSR count). The van der Waals surface area contributed by atoms with Crippen LogP contribution in [0, 0.1) is 6.92 Å². The van der Waals surface area contributed by atoms with Crippen molar-refractivity contribution in [3.05, 3.63) is 53.3 Å². The third kappa shape index (κ3) is 4.97. The van der Waals surface area contributed by atoms with Crippen LogP contribution >= 0.6 is 0 Å². The molecule has 1 amide bonds. The highest BCUT2D eigenvalue weighted by molar-refractivity contribution is 7.89. The Hall–Kier alpha value is -3.24. The van der Waals surface area contributed by atoms with Gasteiger partial charge in [-0.1, -0.05) is 45.0 Å². The molecule has 0 unspecified atom stereocenters. The predicted octanol–water partition coefficient (Wildman–Crippen LogP) is 4.46. The van der Waals surface area contributed by atoms with Crippen molar-refractivity contribution in [1.82, 2.24) is 14.4 Å². The Morgan fingerprint density at radius 1 is 1.18 bits per heavy atom. The summed E-state index contributed by atoms with van der Waals surface area (Å²) in [6.45, 7) is 9.88. The molecule has 0 bridgehead atoms. The van der Waals surface area contributed by atoms with E-state index in [1.165, 1.54) is 29.6 Å². The monoisotopic (exact) mass is 486 g/mol. The lowest BCUT2D eigenvalue weighted by molar-refractivity contribution is 0.102. The van der Waals surface area contributed by atoms with E-state index in [0.29, 0.717) is 36.1 Å². The second-order valence-electron chi connectivity index (χ2n) is 8.02. The van der Waals surface area contributed by atoms with Crippen molar-refractivity contribution >= 4 is 21.6 Å². The van der Waals surface area contributed by atoms with Gasteiger partial charge in [0.25, 0.3) is 11.8 Å². The molecular weight excluding hydrogens is 456 g/mol. The van der Waals surface area contributed by atoms with Gasteiger partial charge in [-0.25, -0.2) is 8.42 Å². The van der Waals surface area contributed by atoms with E-state index in [1.54, 1.807) is 19.9 Å². The summed E-state index contributed by atoms with van der Waals surface area (Å²) in [5, 5.41) is 6.90. The molecule has 0 saturated carbocycles. The first-order chi connectivity index (χ1) is 16.1. The largest absolute Gasteiger partial charge is 0.495 e. The minimum absolute atomic E-state index is 0.0603. The molecule has 1 heterocycles. The number of anilines is 1. The lowest BCUT2D eigenvalue weighted by Gasteiger charge is -2.20. The van der Waals surface area contributed by atoms with Crippen molar-refractivity contribution in [3.63, 3.8) is 0 Å². The molecule has 0 aliphatic rings. The average molecular weight is 487 g/mol. The Morgan fingerprint density at radius 3 is 2.47 bits per heavy atom. The highest BCUT2D eigenvalue weighted by Crippen LogP contribution is 2.32. The van der Waals surface area contributed by atoms with Gasteiger partial charge in [0.1, 0.15) is 10.6 Å². The summed E-state index contributed by atoms with van der Waals surface area (Å²) in [6.07, 6.45) is 0. The van der Waals surface area contributed by atoms with Crippen molar-refractivity contribution in [2.75, 3.05) is 25.5 Å². The molecule has 0 aliphatic carbocycles. The quantitative estimate of drug-likeness (QED) is 0.475. The number of methoxy groups -OCH3 is 1. The predicted molar refractivity (Wildman–Crippen MR) is 130 cm³/mol. The van der Waals surface area contributed by atoms with Gasteiger partial charge in [0.15, 0.2) is 5.82 Å². The molecule has 0 atom stereocenters. The number of sulfonamides is 1. The summed E-state index contributed by atoms with van der Waals surface area (Å²) in [7, 11) is -2.45. The standard InChI is InChI=1S/C24H30N4O5S/c1-7-28(8-2)34(30,31)20-14-17(12-13-19(20)32-6)23(29)25-21-16(5)10-9-11-18(21)24-26-22(15(3)4)27-33-24/h9-15H,7-8H2,1-6H3,(H,25,29). The molecule has 1 aromatic heterocycles. The van der Waals surface area contributed by atoms with E-state index in [4.69, 9.17) is 9.26 Å². The first-order valence-corrected chi connectivity index (χ1v) is 12.5. The van der Waals surface area contributed by atoms with Crippen LogP contribution in [0.25, 0.3) is 11.5 Å². The number of benzene rings is 2. The third-order valence-electron chi connectivity index (χ3n) is 5.45. The average Bonchev–Trinajstić information content (AvgIpc) is 3.31. The van der Waals surface area contributed by atoms with Crippen molar-refractivity contribution in [3.8, 4) is 17.2 Å². The Balaban J connectivity index is 2.01. The van der Waals surface area contributed by atoms with Crippen molar-refractivity contribution in [1.29, 1.82) is 0 Å². The summed E-state index contributed by atoms with van der Waals surface area (Å²) in [5.41, 5.74) is 2.06. The van der Waals surface area contributed by atoms with Crippen LogP contribution in [0.2, 0.25) is 0 Å². The summed E-state index contributed by atoms with van der Waals surface area (Å²) in [5.74, 6) is 0.646. The van der Waals surface area contributed by atoms with Gasteiger partial charge >= 0.3 is 0 Å². The minimum Gasteiger partial charge on any atom is -0.495 e. The SMILES string of the molecule is CCN(CC)S(=O)(=O)c1cc(C(=O)Nc2c(C)cccc2-c2nc(C(C)C)no2)ccc1OC. The molecule has 34 heavy (non-hydrogen) atoms. The molecule has 3 aromatic rings. The number of aryl methyl sites for hydroxylation is 1. The van der Waals surface area contributed by atoms with E-state index >= 15 is 0 Å². The number of ether oxygens (including phenoxy) is 1. The van der Waals surface area contributed by atoms with E-state index < -0.39 is 15.9 Å². The number of para-hydroxylation sites is 1. The molecule has 0 saturated heterocycles. The maximum absolute atomic E-state index is 13.2. The van der Waals surface area contributed by atoms with Gasteiger partial charge in [-0.05, 0) is 36.8 Å². The Labute approximate surface area is 200 Å². The highest BCUT2D eigenvalue weighted by Gasteiger charge is 2.27. The van der Waals surface area contributed by atoms with Crippen LogP contribution in [0.15, 0.2) is 45.8 Å². The van der Waals surface area contributed by atoms with E-state index in [9.17, 15) is 13.2 Å². The maximum Gasteiger partial charge on any atom is 0.260 e. The number of amides is 1. The topological polar surface area (TPSA) is 115 Å². The molecule has 0 radical (unpaired) electrons. The van der Waals surface area contributed by atoms with Gasteiger partial charge in [0.2, 0.25) is 10.0 Å². The number of nitrogens with zero attached hydrogens (tertiary/aromatic N) is 3. The summed E-state index contributed by atoms with van der Waals surface area (Å²) < 4.78 is 38.3.